The molecule has 0 atom stereocenters. The SMILES string of the molecule is Cc1cc(-c2ccccc2)c2c3c(sc2n1)CCC3. The lowest BCUT2D eigenvalue weighted by molar-refractivity contribution is 0.917. The van der Waals surface area contributed by atoms with Crippen LogP contribution < -0.4 is 0 Å². The highest BCUT2D eigenvalue weighted by molar-refractivity contribution is 7.19. The topological polar surface area (TPSA) is 12.9 Å². The molecule has 0 saturated carbocycles. The predicted octanol–water partition coefficient (Wildman–Crippen LogP) is 4.76. The predicted molar refractivity (Wildman–Crippen MR) is 81.8 cm³/mol. The van der Waals surface area contributed by atoms with Crippen molar-refractivity contribution in [3.05, 3.63) is 52.5 Å². The van der Waals surface area contributed by atoms with Crippen molar-refractivity contribution < 1.29 is 0 Å². The van der Waals surface area contributed by atoms with Crippen molar-refractivity contribution in [2.24, 2.45) is 0 Å². The number of rotatable bonds is 1. The van der Waals surface area contributed by atoms with Crippen LogP contribution in [0.3, 0.4) is 0 Å². The van der Waals surface area contributed by atoms with Gasteiger partial charge in [0.1, 0.15) is 4.83 Å². The quantitative estimate of drug-likeness (QED) is 0.618. The van der Waals surface area contributed by atoms with Gasteiger partial charge in [0.15, 0.2) is 0 Å². The van der Waals surface area contributed by atoms with Crippen molar-refractivity contribution in [3.63, 3.8) is 0 Å². The van der Waals surface area contributed by atoms with Gasteiger partial charge in [-0.05, 0) is 48.9 Å². The van der Waals surface area contributed by atoms with Crippen LogP contribution in [0.1, 0.15) is 22.6 Å². The number of hydrogen-bond donors (Lipinski definition) is 0. The van der Waals surface area contributed by atoms with E-state index < -0.39 is 0 Å². The highest BCUT2D eigenvalue weighted by Crippen LogP contribution is 2.41. The van der Waals surface area contributed by atoms with Gasteiger partial charge in [0.2, 0.25) is 0 Å². The second kappa shape index (κ2) is 4.17. The van der Waals surface area contributed by atoms with Crippen LogP contribution in [0, 0.1) is 6.92 Å². The molecule has 0 N–H and O–H groups in total. The molecule has 0 radical (unpaired) electrons. The van der Waals surface area contributed by atoms with E-state index in [1.54, 1.807) is 10.4 Å². The van der Waals surface area contributed by atoms with E-state index in [1.165, 1.54) is 40.6 Å². The summed E-state index contributed by atoms with van der Waals surface area (Å²) in [5, 5.41) is 1.41. The Labute approximate surface area is 116 Å². The van der Waals surface area contributed by atoms with Gasteiger partial charge in [-0.3, -0.25) is 0 Å². The summed E-state index contributed by atoms with van der Waals surface area (Å²) in [4.78, 5) is 7.53. The van der Waals surface area contributed by atoms with Crippen molar-refractivity contribution in [1.29, 1.82) is 0 Å². The Morgan fingerprint density at radius 2 is 1.95 bits per heavy atom. The van der Waals surface area contributed by atoms with Crippen LogP contribution in [0.4, 0.5) is 0 Å². The third kappa shape index (κ3) is 1.71. The Morgan fingerprint density at radius 3 is 2.79 bits per heavy atom. The lowest BCUT2D eigenvalue weighted by atomic mass is 9.99. The Balaban J connectivity index is 2.09. The van der Waals surface area contributed by atoms with Crippen molar-refractivity contribution in [2.75, 3.05) is 0 Å². The van der Waals surface area contributed by atoms with Gasteiger partial charge in [-0.15, -0.1) is 11.3 Å². The Kier molecular flexibility index (Phi) is 2.46. The van der Waals surface area contributed by atoms with E-state index in [9.17, 15) is 0 Å². The minimum Gasteiger partial charge on any atom is -0.242 e. The summed E-state index contributed by atoms with van der Waals surface area (Å²) < 4.78 is 0. The first-order valence-electron chi connectivity index (χ1n) is 6.80. The second-order valence-corrected chi connectivity index (χ2v) is 6.30. The van der Waals surface area contributed by atoms with E-state index >= 15 is 0 Å². The number of fused-ring (bicyclic) bond motifs is 3. The maximum Gasteiger partial charge on any atom is 0.124 e. The maximum absolute atomic E-state index is 4.74. The van der Waals surface area contributed by atoms with Gasteiger partial charge in [0.25, 0.3) is 0 Å². The van der Waals surface area contributed by atoms with Crippen LogP contribution in [0.2, 0.25) is 0 Å². The van der Waals surface area contributed by atoms with Crippen molar-refractivity contribution >= 4 is 21.6 Å². The number of benzene rings is 1. The normalized spacial score (nSPS) is 13.9. The lowest BCUT2D eigenvalue weighted by Gasteiger charge is -2.07. The molecular formula is C17H15NS. The summed E-state index contributed by atoms with van der Waals surface area (Å²) in [5.41, 5.74) is 5.35. The molecule has 1 aromatic carbocycles. The molecule has 0 aliphatic heterocycles. The Hall–Kier alpha value is -1.67. The Morgan fingerprint density at radius 1 is 1.11 bits per heavy atom. The molecule has 1 aliphatic rings. The summed E-state index contributed by atoms with van der Waals surface area (Å²) in [7, 11) is 0. The van der Waals surface area contributed by atoms with Crippen LogP contribution >= 0.6 is 11.3 Å². The summed E-state index contributed by atoms with van der Waals surface area (Å²) in [5.74, 6) is 0. The number of pyridine rings is 1. The molecule has 0 spiro atoms. The zero-order valence-electron chi connectivity index (χ0n) is 10.9. The molecule has 0 unspecified atom stereocenters. The fourth-order valence-electron chi connectivity index (χ4n) is 3.07. The van der Waals surface area contributed by atoms with E-state index in [-0.39, 0.29) is 0 Å². The third-order valence-electron chi connectivity index (χ3n) is 3.89. The molecular weight excluding hydrogens is 250 g/mol. The van der Waals surface area contributed by atoms with Gasteiger partial charge in [-0.2, -0.15) is 0 Å². The largest absolute Gasteiger partial charge is 0.242 e. The molecule has 0 saturated heterocycles. The highest BCUT2D eigenvalue weighted by atomic mass is 32.1. The molecule has 0 bridgehead atoms. The summed E-state index contributed by atoms with van der Waals surface area (Å²) >= 11 is 1.90. The van der Waals surface area contributed by atoms with Gasteiger partial charge in [0.05, 0.1) is 0 Å². The first-order valence-corrected chi connectivity index (χ1v) is 7.62. The van der Waals surface area contributed by atoms with Crippen LogP contribution in [-0.2, 0) is 12.8 Å². The maximum atomic E-state index is 4.74. The molecule has 3 aromatic rings. The first kappa shape index (κ1) is 11.2. The standard InChI is InChI=1S/C17H15NS/c1-11-10-14(12-6-3-2-4-7-12)16-13-8-5-9-15(13)19-17(16)18-11/h2-4,6-7,10H,5,8-9H2,1H3. The monoisotopic (exact) mass is 265 g/mol. The Bertz CT molecular complexity index is 756. The lowest BCUT2D eigenvalue weighted by Crippen LogP contribution is -1.88. The van der Waals surface area contributed by atoms with Gasteiger partial charge in [0, 0.05) is 16.0 Å². The zero-order chi connectivity index (χ0) is 12.8. The fraction of sp³-hybridized carbons (Fsp3) is 0.235. The number of aryl methyl sites for hydroxylation is 3. The smallest absolute Gasteiger partial charge is 0.124 e. The summed E-state index contributed by atoms with van der Waals surface area (Å²) in [6, 6.07) is 12.9. The molecule has 94 valence electrons. The molecule has 0 amide bonds. The summed E-state index contributed by atoms with van der Waals surface area (Å²) in [6.07, 6.45) is 3.77. The van der Waals surface area contributed by atoms with E-state index in [1.807, 2.05) is 11.3 Å². The van der Waals surface area contributed by atoms with E-state index in [4.69, 9.17) is 4.98 Å². The molecule has 4 rings (SSSR count). The van der Waals surface area contributed by atoms with Crippen molar-refractivity contribution in [2.45, 2.75) is 26.2 Å². The number of hydrogen-bond acceptors (Lipinski definition) is 2. The molecule has 2 heterocycles. The average molecular weight is 265 g/mol. The van der Waals surface area contributed by atoms with E-state index in [0.717, 1.165) is 5.69 Å². The molecule has 2 aromatic heterocycles. The van der Waals surface area contributed by atoms with Crippen LogP contribution in [0.25, 0.3) is 21.3 Å². The average Bonchev–Trinajstić information content (AvgIpc) is 2.98. The van der Waals surface area contributed by atoms with Crippen molar-refractivity contribution in [3.8, 4) is 11.1 Å². The van der Waals surface area contributed by atoms with E-state index in [2.05, 4.69) is 43.3 Å². The third-order valence-corrected chi connectivity index (χ3v) is 5.07. The molecule has 0 fully saturated rings. The number of aromatic nitrogens is 1. The number of thiophene rings is 1. The summed E-state index contributed by atoms with van der Waals surface area (Å²) in [6.45, 7) is 2.09. The zero-order valence-corrected chi connectivity index (χ0v) is 11.8. The minimum absolute atomic E-state index is 1.12. The van der Waals surface area contributed by atoms with Crippen LogP contribution in [0.5, 0.6) is 0 Å². The van der Waals surface area contributed by atoms with Crippen LogP contribution in [0.15, 0.2) is 36.4 Å². The second-order valence-electron chi connectivity index (χ2n) is 5.21. The van der Waals surface area contributed by atoms with Gasteiger partial charge in [-0.25, -0.2) is 4.98 Å². The first-order chi connectivity index (χ1) is 9.33. The molecule has 1 aliphatic carbocycles. The van der Waals surface area contributed by atoms with Gasteiger partial charge >= 0.3 is 0 Å². The van der Waals surface area contributed by atoms with E-state index in [0.29, 0.717) is 0 Å². The van der Waals surface area contributed by atoms with Crippen LogP contribution in [-0.4, -0.2) is 4.98 Å². The minimum atomic E-state index is 1.12. The van der Waals surface area contributed by atoms with Gasteiger partial charge < -0.3 is 0 Å². The fourth-order valence-corrected chi connectivity index (χ4v) is 4.40. The van der Waals surface area contributed by atoms with Gasteiger partial charge in [-0.1, -0.05) is 30.3 Å². The molecule has 2 heteroatoms. The highest BCUT2D eigenvalue weighted by Gasteiger charge is 2.21. The molecule has 19 heavy (non-hydrogen) atoms. The van der Waals surface area contributed by atoms with Crippen molar-refractivity contribution in [1.82, 2.24) is 4.98 Å². The molecule has 1 nitrogen and oxygen atoms in total. The number of nitrogens with zero attached hydrogens (tertiary/aromatic N) is 1.